The Balaban J connectivity index is 1.91. The average molecular weight is 336 g/mol. The van der Waals surface area contributed by atoms with Crippen molar-refractivity contribution in [3.05, 3.63) is 27.8 Å². The lowest BCUT2D eigenvalue weighted by atomic mass is 9.78. The van der Waals surface area contributed by atoms with Crippen LogP contribution in [0.3, 0.4) is 0 Å². The summed E-state index contributed by atoms with van der Waals surface area (Å²) < 4.78 is 10.7. The van der Waals surface area contributed by atoms with Crippen LogP contribution in [-0.4, -0.2) is 53.9 Å². The first-order valence-electron chi connectivity index (χ1n) is 8.45. The highest BCUT2D eigenvalue weighted by atomic mass is 16.6. The maximum atomic E-state index is 11.4. The van der Waals surface area contributed by atoms with Gasteiger partial charge in [-0.1, -0.05) is 0 Å². The van der Waals surface area contributed by atoms with Crippen molar-refractivity contribution in [2.75, 3.05) is 26.8 Å². The van der Waals surface area contributed by atoms with E-state index < -0.39 is 4.92 Å². The molecule has 0 saturated carbocycles. The Bertz CT molecular complexity index is 611. The van der Waals surface area contributed by atoms with Gasteiger partial charge < -0.3 is 14.6 Å². The van der Waals surface area contributed by atoms with Crippen LogP contribution in [0.2, 0.25) is 0 Å². The van der Waals surface area contributed by atoms with Gasteiger partial charge in [0, 0.05) is 12.1 Å². The third-order valence-corrected chi connectivity index (χ3v) is 5.16. The molecule has 0 radical (unpaired) electrons. The molecule has 0 aliphatic carbocycles. The number of hydrogen-bond donors (Lipinski definition) is 1. The first-order valence-corrected chi connectivity index (χ1v) is 8.45. The molecule has 0 amide bonds. The van der Waals surface area contributed by atoms with Gasteiger partial charge in [0.2, 0.25) is 5.75 Å². The number of nitrogens with zero attached hydrogens (tertiary/aromatic N) is 2. The van der Waals surface area contributed by atoms with E-state index in [2.05, 4.69) is 4.90 Å². The normalized spacial score (nSPS) is 28.6. The molecule has 2 atom stereocenters. The van der Waals surface area contributed by atoms with E-state index in [0.717, 1.165) is 31.5 Å². The van der Waals surface area contributed by atoms with Gasteiger partial charge in [0.1, 0.15) is 0 Å². The molecule has 24 heavy (non-hydrogen) atoms. The summed E-state index contributed by atoms with van der Waals surface area (Å²) in [6.45, 7) is 4.20. The monoisotopic (exact) mass is 336 g/mol. The lowest BCUT2D eigenvalue weighted by Gasteiger charge is -2.49. The maximum Gasteiger partial charge on any atom is 0.315 e. The molecule has 7 heteroatoms. The number of hydrogen-bond acceptors (Lipinski definition) is 6. The topological polar surface area (TPSA) is 85.1 Å². The molecule has 3 aliphatic heterocycles. The second-order valence-electron chi connectivity index (χ2n) is 6.47. The maximum absolute atomic E-state index is 11.4. The Morgan fingerprint density at radius 3 is 2.62 bits per heavy atom. The third-order valence-electron chi connectivity index (χ3n) is 5.16. The molecule has 0 spiro atoms. The molecule has 3 aliphatic rings. The SMILES string of the molecule is CCOc1cc(CC2C(O)C3CCN2CC3)cc([N+](=O)[O-])c1OC. The minimum absolute atomic E-state index is 0.0139. The predicted octanol–water partition coefficient (Wildman–Crippen LogP) is 2.00. The molecular formula is C17H24N2O5. The van der Waals surface area contributed by atoms with Gasteiger partial charge in [-0.15, -0.1) is 0 Å². The Morgan fingerprint density at radius 2 is 2.08 bits per heavy atom. The summed E-state index contributed by atoms with van der Waals surface area (Å²) in [5.74, 6) is 0.880. The van der Waals surface area contributed by atoms with Crippen molar-refractivity contribution in [3.8, 4) is 11.5 Å². The number of piperidine rings is 3. The van der Waals surface area contributed by atoms with E-state index in [1.807, 2.05) is 6.92 Å². The zero-order chi connectivity index (χ0) is 17.3. The van der Waals surface area contributed by atoms with Gasteiger partial charge in [-0.2, -0.15) is 0 Å². The summed E-state index contributed by atoms with van der Waals surface area (Å²) >= 11 is 0. The number of methoxy groups -OCH3 is 1. The number of nitro benzene ring substituents is 1. The second kappa shape index (κ2) is 6.94. The van der Waals surface area contributed by atoms with E-state index in [9.17, 15) is 15.2 Å². The molecule has 7 nitrogen and oxygen atoms in total. The lowest BCUT2D eigenvalue weighted by Crippen LogP contribution is -2.58. The minimum atomic E-state index is -0.450. The van der Waals surface area contributed by atoms with Crippen LogP contribution in [0.25, 0.3) is 0 Å². The molecule has 1 N–H and O–H groups in total. The van der Waals surface area contributed by atoms with E-state index in [-0.39, 0.29) is 23.6 Å². The number of benzene rings is 1. The van der Waals surface area contributed by atoms with Crippen molar-refractivity contribution < 1.29 is 19.5 Å². The molecule has 132 valence electrons. The number of aliphatic hydroxyl groups excluding tert-OH is 1. The van der Waals surface area contributed by atoms with Crippen molar-refractivity contribution in [2.24, 2.45) is 5.92 Å². The minimum Gasteiger partial charge on any atom is -0.490 e. The summed E-state index contributed by atoms with van der Waals surface area (Å²) in [5, 5.41) is 21.9. The highest BCUT2D eigenvalue weighted by molar-refractivity contribution is 5.58. The molecule has 2 bridgehead atoms. The number of fused-ring (bicyclic) bond motifs is 3. The number of nitro groups is 1. The van der Waals surface area contributed by atoms with E-state index >= 15 is 0 Å². The summed E-state index contributed by atoms with van der Waals surface area (Å²) in [5.41, 5.74) is 0.700. The highest BCUT2D eigenvalue weighted by Crippen LogP contribution is 2.40. The van der Waals surface area contributed by atoms with Crippen LogP contribution in [0.4, 0.5) is 5.69 Å². The van der Waals surface area contributed by atoms with Crippen LogP contribution in [0, 0.1) is 16.0 Å². The van der Waals surface area contributed by atoms with Crippen molar-refractivity contribution >= 4 is 5.69 Å². The molecule has 2 unspecified atom stereocenters. The van der Waals surface area contributed by atoms with Gasteiger partial charge >= 0.3 is 5.69 Å². The summed E-state index contributed by atoms with van der Waals surface area (Å²) in [4.78, 5) is 13.2. The summed E-state index contributed by atoms with van der Waals surface area (Å²) in [6, 6.07) is 3.35. The van der Waals surface area contributed by atoms with Crippen LogP contribution >= 0.6 is 0 Å². The zero-order valence-corrected chi connectivity index (χ0v) is 14.1. The molecule has 3 saturated heterocycles. The molecule has 3 fully saturated rings. The Labute approximate surface area is 141 Å². The number of rotatable bonds is 6. The van der Waals surface area contributed by atoms with Crippen molar-refractivity contribution in [1.29, 1.82) is 0 Å². The Kier molecular flexibility index (Phi) is 4.91. The van der Waals surface area contributed by atoms with Crippen LogP contribution in [0.5, 0.6) is 11.5 Å². The van der Waals surface area contributed by atoms with E-state index in [1.165, 1.54) is 13.2 Å². The van der Waals surface area contributed by atoms with Gasteiger partial charge in [0.25, 0.3) is 0 Å². The first kappa shape index (κ1) is 17.0. The molecule has 1 aromatic rings. The molecule has 0 aromatic heterocycles. The smallest absolute Gasteiger partial charge is 0.315 e. The van der Waals surface area contributed by atoms with Gasteiger partial charge in [0.05, 0.1) is 24.7 Å². The van der Waals surface area contributed by atoms with Crippen LogP contribution in [0.15, 0.2) is 12.1 Å². The zero-order valence-electron chi connectivity index (χ0n) is 14.1. The fraction of sp³-hybridized carbons (Fsp3) is 0.647. The van der Waals surface area contributed by atoms with Gasteiger partial charge in [-0.3, -0.25) is 15.0 Å². The fourth-order valence-electron chi connectivity index (χ4n) is 3.98. The lowest BCUT2D eigenvalue weighted by molar-refractivity contribution is -0.385. The van der Waals surface area contributed by atoms with E-state index in [0.29, 0.717) is 24.7 Å². The van der Waals surface area contributed by atoms with Gasteiger partial charge in [-0.25, -0.2) is 0 Å². The predicted molar refractivity (Wildman–Crippen MR) is 88.6 cm³/mol. The van der Waals surface area contributed by atoms with Crippen LogP contribution < -0.4 is 9.47 Å². The van der Waals surface area contributed by atoms with Crippen molar-refractivity contribution in [1.82, 2.24) is 4.90 Å². The van der Waals surface area contributed by atoms with E-state index in [1.54, 1.807) is 6.07 Å². The fourth-order valence-corrected chi connectivity index (χ4v) is 3.98. The molecular weight excluding hydrogens is 312 g/mol. The number of aliphatic hydroxyl groups is 1. The summed E-state index contributed by atoms with van der Waals surface area (Å²) in [7, 11) is 1.40. The highest BCUT2D eigenvalue weighted by Gasteiger charge is 2.41. The van der Waals surface area contributed by atoms with E-state index in [4.69, 9.17) is 9.47 Å². The Morgan fingerprint density at radius 1 is 1.38 bits per heavy atom. The third kappa shape index (κ3) is 3.06. The molecule has 1 aromatic carbocycles. The van der Waals surface area contributed by atoms with Gasteiger partial charge in [-0.05, 0) is 56.8 Å². The molecule has 3 heterocycles. The average Bonchev–Trinajstić information content (AvgIpc) is 2.58. The van der Waals surface area contributed by atoms with Crippen LogP contribution in [0.1, 0.15) is 25.3 Å². The largest absolute Gasteiger partial charge is 0.490 e. The van der Waals surface area contributed by atoms with Crippen molar-refractivity contribution in [3.63, 3.8) is 0 Å². The first-order chi connectivity index (χ1) is 11.5. The Hall–Kier alpha value is -1.86. The quantitative estimate of drug-likeness (QED) is 0.632. The van der Waals surface area contributed by atoms with Gasteiger partial charge in [0.15, 0.2) is 5.75 Å². The number of ether oxygens (including phenoxy) is 2. The molecule has 4 rings (SSSR count). The van der Waals surface area contributed by atoms with Crippen molar-refractivity contribution in [2.45, 2.75) is 38.3 Å². The second-order valence-corrected chi connectivity index (χ2v) is 6.47. The standard InChI is InChI=1S/C17H24N2O5/c1-3-24-15-10-11(9-14(19(21)22)17(15)23-2)8-13-16(20)12-4-6-18(13)7-5-12/h9-10,12-13,16,20H,3-8H2,1-2H3. The summed E-state index contributed by atoms with van der Waals surface area (Å²) in [6.07, 6.45) is 2.27. The van der Waals surface area contributed by atoms with Crippen LogP contribution in [-0.2, 0) is 6.42 Å².